The molecule has 2 unspecified atom stereocenters. The number of alkyl halides is 1. The van der Waals surface area contributed by atoms with Crippen molar-refractivity contribution in [2.45, 2.75) is 32.0 Å². The molecule has 0 bridgehead atoms. The minimum atomic E-state index is -0.884. The molecule has 0 saturated carbocycles. The Balaban J connectivity index is 1.93. The number of hydrogen-bond acceptors (Lipinski definition) is 2. The average molecular weight is 222 g/mol. The van der Waals surface area contributed by atoms with Gasteiger partial charge in [0.2, 0.25) is 0 Å². The molecular weight excluding hydrogens is 203 g/mol. The number of nitrogens with one attached hydrogen (secondary N) is 2. The molecule has 1 saturated heterocycles. The van der Waals surface area contributed by atoms with Crippen LogP contribution in [0.2, 0.25) is 0 Å². The highest BCUT2D eigenvalue weighted by Crippen LogP contribution is 2.19. The summed E-state index contributed by atoms with van der Waals surface area (Å²) in [6.07, 6.45) is 1.54. The summed E-state index contributed by atoms with van der Waals surface area (Å²) in [7, 11) is 0. The van der Waals surface area contributed by atoms with Crippen molar-refractivity contribution in [2.24, 2.45) is 0 Å². The zero-order valence-corrected chi connectivity index (χ0v) is 9.67. The molecule has 0 spiro atoms. The third kappa shape index (κ3) is 2.95. The van der Waals surface area contributed by atoms with E-state index in [4.69, 9.17) is 0 Å². The third-order valence-electron chi connectivity index (χ3n) is 3.04. The van der Waals surface area contributed by atoms with Gasteiger partial charge in [-0.05, 0) is 44.0 Å². The van der Waals surface area contributed by atoms with Crippen molar-refractivity contribution >= 4 is 5.69 Å². The third-order valence-corrected chi connectivity index (χ3v) is 3.04. The van der Waals surface area contributed by atoms with Crippen LogP contribution < -0.4 is 10.6 Å². The van der Waals surface area contributed by atoms with Crippen LogP contribution in [0, 0.1) is 0 Å². The lowest BCUT2D eigenvalue weighted by Gasteiger charge is -2.24. The van der Waals surface area contributed by atoms with E-state index in [9.17, 15) is 4.39 Å². The molecule has 88 valence electrons. The maximum Gasteiger partial charge on any atom is 0.122 e. The molecule has 1 aliphatic rings. The van der Waals surface area contributed by atoms with Crippen molar-refractivity contribution in [1.82, 2.24) is 5.32 Å². The molecule has 1 aromatic rings. The maximum atomic E-state index is 13.0. The van der Waals surface area contributed by atoms with Crippen molar-refractivity contribution in [2.75, 3.05) is 18.4 Å². The van der Waals surface area contributed by atoms with E-state index in [0.717, 1.165) is 24.3 Å². The molecule has 2 nitrogen and oxygen atoms in total. The predicted molar refractivity (Wildman–Crippen MR) is 65.5 cm³/mol. The van der Waals surface area contributed by atoms with E-state index in [-0.39, 0.29) is 0 Å². The summed E-state index contributed by atoms with van der Waals surface area (Å²) < 4.78 is 13.0. The fourth-order valence-electron chi connectivity index (χ4n) is 2.06. The van der Waals surface area contributed by atoms with Gasteiger partial charge >= 0.3 is 0 Å². The molecule has 3 heteroatoms. The fraction of sp³-hybridized carbons (Fsp3) is 0.538. The minimum Gasteiger partial charge on any atom is -0.381 e. The number of halogens is 1. The molecular formula is C13H19FN2. The molecule has 1 aromatic carbocycles. The lowest BCUT2D eigenvalue weighted by molar-refractivity contribution is 0.374. The molecule has 0 aliphatic carbocycles. The Hall–Kier alpha value is -1.09. The molecule has 0 aromatic heterocycles. The SMILES string of the molecule is CC(F)c1ccc(NC2CCCNC2)cc1. The summed E-state index contributed by atoms with van der Waals surface area (Å²) in [5.74, 6) is 0. The van der Waals surface area contributed by atoms with Crippen LogP contribution in [-0.4, -0.2) is 19.1 Å². The lowest BCUT2D eigenvalue weighted by atomic mass is 10.1. The molecule has 2 atom stereocenters. The Morgan fingerprint density at radius 3 is 2.69 bits per heavy atom. The molecule has 0 radical (unpaired) electrons. The lowest BCUT2D eigenvalue weighted by Crippen LogP contribution is -2.38. The van der Waals surface area contributed by atoms with Gasteiger partial charge < -0.3 is 10.6 Å². The van der Waals surface area contributed by atoms with E-state index in [1.807, 2.05) is 24.3 Å². The number of piperidine rings is 1. The Morgan fingerprint density at radius 1 is 1.38 bits per heavy atom. The summed E-state index contributed by atoms with van der Waals surface area (Å²) in [5, 5.41) is 6.82. The highest BCUT2D eigenvalue weighted by atomic mass is 19.1. The van der Waals surface area contributed by atoms with Gasteiger partial charge in [0.25, 0.3) is 0 Å². The van der Waals surface area contributed by atoms with Crippen molar-refractivity contribution in [3.05, 3.63) is 29.8 Å². The normalized spacial score (nSPS) is 22.8. The first-order valence-corrected chi connectivity index (χ1v) is 5.97. The molecule has 16 heavy (non-hydrogen) atoms. The Morgan fingerprint density at radius 2 is 2.12 bits per heavy atom. The molecule has 0 amide bonds. The van der Waals surface area contributed by atoms with E-state index in [2.05, 4.69) is 10.6 Å². The van der Waals surface area contributed by atoms with Crippen molar-refractivity contribution in [1.29, 1.82) is 0 Å². The van der Waals surface area contributed by atoms with E-state index >= 15 is 0 Å². The summed E-state index contributed by atoms with van der Waals surface area (Å²) in [6, 6.07) is 8.12. The highest BCUT2D eigenvalue weighted by Gasteiger charge is 2.12. The highest BCUT2D eigenvalue weighted by molar-refractivity contribution is 5.45. The number of rotatable bonds is 3. The standard InChI is InChI=1S/C13H19FN2/c1-10(14)11-4-6-12(7-5-11)16-13-3-2-8-15-9-13/h4-7,10,13,15-16H,2-3,8-9H2,1H3. The first-order valence-electron chi connectivity index (χ1n) is 5.97. The van der Waals surface area contributed by atoms with Crippen LogP contribution in [0.5, 0.6) is 0 Å². The molecule has 1 aliphatic heterocycles. The van der Waals surface area contributed by atoms with Gasteiger partial charge in [-0.1, -0.05) is 12.1 Å². The van der Waals surface area contributed by atoms with E-state index in [1.165, 1.54) is 12.8 Å². The van der Waals surface area contributed by atoms with E-state index < -0.39 is 6.17 Å². The Labute approximate surface area is 96.2 Å². The van der Waals surface area contributed by atoms with E-state index in [1.54, 1.807) is 6.92 Å². The zero-order valence-electron chi connectivity index (χ0n) is 9.67. The topological polar surface area (TPSA) is 24.1 Å². The van der Waals surface area contributed by atoms with Crippen LogP contribution in [0.1, 0.15) is 31.5 Å². The Kier molecular flexibility index (Phi) is 3.78. The smallest absolute Gasteiger partial charge is 0.122 e. The number of benzene rings is 1. The second-order valence-electron chi connectivity index (χ2n) is 4.43. The van der Waals surface area contributed by atoms with E-state index in [0.29, 0.717) is 6.04 Å². The van der Waals surface area contributed by atoms with Crippen molar-refractivity contribution < 1.29 is 4.39 Å². The van der Waals surface area contributed by atoms with Gasteiger partial charge in [-0.25, -0.2) is 4.39 Å². The average Bonchev–Trinajstić information content (AvgIpc) is 2.31. The summed E-state index contributed by atoms with van der Waals surface area (Å²) in [6.45, 7) is 3.70. The Bertz CT molecular complexity index is 315. The van der Waals surface area contributed by atoms with Crippen LogP contribution in [0.4, 0.5) is 10.1 Å². The van der Waals surface area contributed by atoms with Crippen LogP contribution in [0.15, 0.2) is 24.3 Å². The van der Waals surface area contributed by atoms with Gasteiger partial charge in [0, 0.05) is 18.3 Å². The summed E-state index contributed by atoms with van der Waals surface area (Å²) in [4.78, 5) is 0. The van der Waals surface area contributed by atoms with Gasteiger partial charge in [-0.15, -0.1) is 0 Å². The van der Waals surface area contributed by atoms with Crippen LogP contribution in [0.25, 0.3) is 0 Å². The zero-order chi connectivity index (χ0) is 11.4. The van der Waals surface area contributed by atoms with Gasteiger partial charge in [0.05, 0.1) is 0 Å². The van der Waals surface area contributed by atoms with Gasteiger partial charge in [-0.3, -0.25) is 0 Å². The largest absolute Gasteiger partial charge is 0.381 e. The molecule has 1 fully saturated rings. The molecule has 1 heterocycles. The molecule has 2 rings (SSSR count). The maximum absolute atomic E-state index is 13.0. The summed E-state index contributed by atoms with van der Waals surface area (Å²) in [5.41, 5.74) is 1.82. The first-order chi connectivity index (χ1) is 7.75. The van der Waals surface area contributed by atoms with Gasteiger partial charge in [0.1, 0.15) is 6.17 Å². The predicted octanol–water partition coefficient (Wildman–Crippen LogP) is 2.88. The van der Waals surface area contributed by atoms with Crippen LogP contribution in [-0.2, 0) is 0 Å². The molecule has 2 N–H and O–H groups in total. The van der Waals surface area contributed by atoms with Crippen LogP contribution in [0.3, 0.4) is 0 Å². The number of anilines is 1. The first kappa shape index (κ1) is 11.4. The van der Waals surface area contributed by atoms with Crippen LogP contribution >= 0.6 is 0 Å². The van der Waals surface area contributed by atoms with Crippen molar-refractivity contribution in [3.8, 4) is 0 Å². The summed E-state index contributed by atoms with van der Waals surface area (Å²) >= 11 is 0. The quantitative estimate of drug-likeness (QED) is 0.821. The number of hydrogen-bond donors (Lipinski definition) is 2. The second kappa shape index (κ2) is 5.30. The van der Waals surface area contributed by atoms with Crippen molar-refractivity contribution in [3.63, 3.8) is 0 Å². The second-order valence-corrected chi connectivity index (χ2v) is 4.43. The van der Waals surface area contributed by atoms with Gasteiger partial charge in [-0.2, -0.15) is 0 Å². The minimum absolute atomic E-state index is 0.502. The van der Waals surface area contributed by atoms with Gasteiger partial charge in [0.15, 0.2) is 0 Å². The fourth-order valence-corrected chi connectivity index (χ4v) is 2.06. The monoisotopic (exact) mass is 222 g/mol.